The minimum atomic E-state index is -3.27. The predicted octanol–water partition coefficient (Wildman–Crippen LogP) is 3.57. The molecule has 0 amide bonds. The van der Waals surface area contributed by atoms with Gasteiger partial charge in [-0.05, 0) is 42.0 Å². The Morgan fingerprint density at radius 3 is 2.29 bits per heavy atom. The van der Waals surface area contributed by atoms with E-state index in [4.69, 9.17) is 0 Å². The predicted molar refractivity (Wildman–Crippen MR) is 86.3 cm³/mol. The van der Waals surface area contributed by atoms with E-state index in [-0.39, 0.29) is 5.82 Å². The van der Waals surface area contributed by atoms with Crippen molar-refractivity contribution in [1.29, 1.82) is 0 Å². The first-order valence-corrected chi connectivity index (χ1v) is 8.77. The van der Waals surface area contributed by atoms with Crippen molar-refractivity contribution in [2.24, 2.45) is 0 Å². The molecule has 2 rings (SSSR count). The molecule has 112 valence electrons. The third kappa shape index (κ3) is 5.02. The maximum absolute atomic E-state index is 13.0. The summed E-state index contributed by atoms with van der Waals surface area (Å²) in [5.74, 6) is -0.290. The average molecular weight is 373 g/mol. The van der Waals surface area contributed by atoms with Crippen molar-refractivity contribution in [3.05, 3.63) is 58.3 Å². The highest BCUT2D eigenvalue weighted by atomic mass is 79.9. The Kier molecular flexibility index (Phi) is 4.84. The second-order valence-electron chi connectivity index (χ2n) is 4.54. The molecule has 0 saturated heterocycles. The van der Waals surface area contributed by atoms with Crippen molar-refractivity contribution >= 4 is 37.3 Å². The van der Waals surface area contributed by atoms with Gasteiger partial charge in [-0.15, -0.1) is 0 Å². The summed E-state index contributed by atoms with van der Waals surface area (Å²) in [5, 5.41) is 3.18. The fourth-order valence-electron chi connectivity index (χ4n) is 1.73. The van der Waals surface area contributed by atoms with Gasteiger partial charge in [0.2, 0.25) is 10.0 Å². The molecule has 2 N–H and O–H groups in total. The molecule has 0 fully saturated rings. The maximum Gasteiger partial charge on any atom is 0.229 e. The number of halogens is 2. The van der Waals surface area contributed by atoms with Gasteiger partial charge >= 0.3 is 0 Å². The number of sulfonamides is 1. The SMILES string of the molecule is CS(=O)(=O)Nc1ccc(NCc2ccc(F)cc2Br)cc1. The summed E-state index contributed by atoms with van der Waals surface area (Å²) in [6, 6.07) is 11.4. The second kappa shape index (κ2) is 6.44. The largest absolute Gasteiger partial charge is 0.381 e. The molecule has 0 aliphatic rings. The lowest BCUT2D eigenvalue weighted by atomic mass is 10.2. The fraction of sp³-hybridized carbons (Fsp3) is 0.143. The van der Waals surface area contributed by atoms with Crippen LogP contribution in [0.3, 0.4) is 0 Å². The number of benzene rings is 2. The number of nitrogens with one attached hydrogen (secondary N) is 2. The zero-order valence-electron chi connectivity index (χ0n) is 11.2. The highest BCUT2D eigenvalue weighted by molar-refractivity contribution is 9.10. The molecule has 7 heteroatoms. The number of hydrogen-bond acceptors (Lipinski definition) is 3. The Morgan fingerprint density at radius 1 is 1.10 bits per heavy atom. The van der Waals surface area contributed by atoms with Crippen molar-refractivity contribution in [2.45, 2.75) is 6.54 Å². The number of rotatable bonds is 5. The summed E-state index contributed by atoms with van der Waals surface area (Å²) < 4.78 is 38.3. The van der Waals surface area contributed by atoms with E-state index in [1.165, 1.54) is 12.1 Å². The van der Waals surface area contributed by atoms with Crippen LogP contribution in [0, 0.1) is 5.82 Å². The van der Waals surface area contributed by atoms with Crippen LogP contribution < -0.4 is 10.0 Å². The van der Waals surface area contributed by atoms with Crippen molar-refractivity contribution in [3.8, 4) is 0 Å². The van der Waals surface area contributed by atoms with Gasteiger partial charge in [-0.25, -0.2) is 12.8 Å². The summed E-state index contributed by atoms with van der Waals surface area (Å²) in [6.07, 6.45) is 1.10. The Morgan fingerprint density at radius 2 is 1.71 bits per heavy atom. The lowest BCUT2D eigenvalue weighted by molar-refractivity contribution is 0.607. The third-order valence-electron chi connectivity index (χ3n) is 2.69. The van der Waals surface area contributed by atoms with Crippen LogP contribution in [0.15, 0.2) is 46.9 Å². The molecule has 0 aliphatic heterocycles. The van der Waals surface area contributed by atoms with E-state index in [9.17, 15) is 12.8 Å². The summed E-state index contributed by atoms with van der Waals surface area (Å²) >= 11 is 3.31. The van der Waals surface area contributed by atoms with E-state index in [0.29, 0.717) is 16.7 Å². The zero-order valence-corrected chi connectivity index (χ0v) is 13.6. The topological polar surface area (TPSA) is 58.2 Å². The molecule has 0 aromatic heterocycles. The molecule has 0 saturated carbocycles. The first-order valence-electron chi connectivity index (χ1n) is 6.09. The highest BCUT2D eigenvalue weighted by Gasteiger charge is 2.03. The highest BCUT2D eigenvalue weighted by Crippen LogP contribution is 2.20. The van der Waals surface area contributed by atoms with Crippen LogP contribution in [0.4, 0.5) is 15.8 Å². The smallest absolute Gasteiger partial charge is 0.229 e. The van der Waals surface area contributed by atoms with E-state index < -0.39 is 10.0 Å². The van der Waals surface area contributed by atoms with E-state index in [1.807, 2.05) is 0 Å². The van der Waals surface area contributed by atoms with Crippen molar-refractivity contribution in [1.82, 2.24) is 0 Å². The molecule has 0 radical (unpaired) electrons. The first kappa shape index (κ1) is 15.8. The average Bonchev–Trinajstić information content (AvgIpc) is 2.38. The van der Waals surface area contributed by atoms with Gasteiger partial charge in [0.05, 0.1) is 6.26 Å². The second-order valence-corrected chi connectivity index (χ2v) is 7.14. The van der Waals surface area contributed by atoms with Crippen LogP contribution in [0.25, 0.3) is 0 Å². The molecule has 0 spiro atoms. The van der Waals surface area contributed by atoms with Gasteiger partial charge in [0.15, 0.2) is 0 Å². The first-order chi connectivity index (χ1) is 9.83. The molecule has 0 aliphatic carbocycles. The summed E-state index contributed by atoms with van der Waals surface area (Å²) in [7, 11) is -3.27. The standard InChI is InChI=1S/C14H14BrFN2O2S/c1-21(19,20)18-13-6-4-12(5-7-13)17-9-10-2-3-11(16)8-14(10)15/h2-8,17-18H,9H2,1H3. The van der Waals surface area contributed by atoms with E-state index in [0.717, 1.165) is 17.5 Å². The van der Waals surface area contributed by atoms with Crippen LogP contribution in [0.1, 0.15) is 5.56 Å². The molecule has 0 heterocycles. The lowest BCUT2D eigenvalue weighted by Gasteiger charge is -2.09. The van der Waals surface area contributed by atoms with Gasteiger partial charge in [-0.1, -0.05) is 22.0 Å². The van der Waals surface area contributed by atoms with E-state index >= 15 is 0 Å². The molecular weight excluding hydrogens is 359 g/mol. The van der Waals surface area contributed by atoms with E-state index in [1.54, 1.807) is 30.3 Å². The van der Waals surface area contributed by atoms with Crippen LogP contribution >= 0.6 is 15.9 Å². The zero-order chi connectivity index (χ0) is 15.5. The van der Waals surface area contributed by atoms with Crippen LogP contribution in [0.5, 0.6) is 0 Å². The number of anilines is 2. The Bertz CT molecular complexity index is 733. The normalized spacial score (nSPS) is 11.2. The molecule has 0 atom stereocenters. The van der Waals surface area contributed by atoms with Gasteiger partial charge in [0.25, 0.3) is 0 Å². The van der Waals surface area contributed by atoms with Gasteiger partial charge in [0, 0.05) is 22.4 Å². The van der Waals surface area contributed by atoms with Crippen molar-refractivity contribution < 1.29 is 12.8 Å². The molecule has 2 aromatic rings. The molecular formula is C14H14BrFN2O2S. The summed E-state index contributed by atoms with van der Waals surface area (Å²) in [5.41, 5.74) is 2.27. The number of hydrogen-bond donors (Lipinski definition) is 2. The molecule has 4 nitrogen and oxygen atoms in total. The minimum Gasteiger partial charge on any atom is -0.381 e. The summed E-state index contributed by atoms with van der Waals surface area (Å²) in [6.45, 7) is 0.527. The third-order valence-corrected chi connectivity index (χ3v) is 4.03. The molecule has 0 unspecified atom stereocenters. The van der Waals surface area contributed by atoms with Gasteiger partial charge < -0.3 is 5.32 Å². The fourth-order valence-corrected chi connectivity index (χ4v) is 2.79. The van der Waals surface area contributed by atoms with Gasteiger partial charge in [-0.2, -0.15) is 0 Å². The molecule has 0 bridgehead atoms. The van der Waals surface area contributed by atoms with Crippen LogP contribution in [-0.4, -0.2) is 14.7 Å². The Hall–Kier alpha value is -1.60. The van der Waals surface area contributed by atoms with Crippen molar-refractivity contribution in [2.75, 3.05) is 16.3 Å². The monoisotopic (exact) mass is 372 g/mol. The summed E-state index contributed by atoms with van der Waals surface area (Å²) in [4.78, 5) is 0. The van der Waals surface area contributed by atoms with Crippen LogP contribution in [0.2, 0.25) is 0 Å². The van der Waals surface area contributed by atoms with Gasteiger partial charge in [-0.3, -0.25) is 4.72 Å². The van der Waals surface area contributed by atoms with Gasteiger partial charge in [0.1, 0.15) is 5.82 Å². The minimum absolute atomic E-state index is 0.290. The Labute approximate surface area is 131 Å². The molecule has 2 aromatic carbocycles. The quantitative estimate of drug-likeness (QED) is 0.843. The maximum atomic E-state index is 13.0. The van der Waals surface area contributed by atoms with E-state index in [2.05, 4.69) is 26.0 Å². The lowest BCUT2D eigenvalue weighted by Crippen LogP contribution is -2.09. The Balaban J connectivity index is 2.00. The van der Waals surface area contributed by atoms with Crippen LogP contribution in [-0.2, 0) is 16.6 Å². The van der Waals surface area contributed by atoms with Crippen molar-refractivity contribution in [3.63, 3.8) is 0 Å². The molecule has 21 heavy (non-hydrogen) atoms.